The number of hydrogen-bond acceptors (Lipinski definition) is 0. The Morgan fingerprint density at radius 1 is 1.80 bits per heavy atom. The van der Waals surface area contributed by atoms with Crippen LogP contribution in [0.3, 0.4) is 0 Å². The molecule has 0 aromatic heterocycles. The summed E-state index contributed by atoms with van der Waals surface area (Å²) in [5.74, 6) is 0. The molecule has 0 aliphatic rings. The van der Waals surface area contributed by atoms with Crippen LogP contribution in [0.5, 0.6) is 0 Å². The van der Waals surface area contributed by atoms with Crippen LogP contribution < -0.4 is 0 Å². The summed E-state index contributed by atoms with van der Waals surface area (Å²) in [6.07, 6.45) is 0. The van der Waals surface area contributed by atoms with Crippen molar-refractivity contribution < 1.29 is 0 Å². The van der Waals surface area contributed by atoms with Gasteiger partial charge in [0.05, 0.1) is 7.85 Å². The maximum Gasteiger partial charge on any atom is 0.104 e. The second-order valence-corrected chi connectivity index (χ2v) is 3.08. The zero-order valence-electron chi connectivity index (χ0n) is 2.81. The molecule has 24 valence electrons. The van der Waals surface area contributed by atoms with Crippen LogP contribution in [0.25, 0.3) is 0 Å². The zero-order chi connectivity index (χ0) is 4.28. The van der Waals surface area contributed by atoms with Gasteiger partial charge in [-0.15, -0.1) is 9.24 Å². The van der Waals surface area contributed by atoms with E-state index >= 15 is 0 Å². The molecule has 0 aliphatic heterocycles. The highest BCUT2D eigenvalue weighted by atomic mass is 31.1. The Kier molecular flexibility index (Phi) is 3.82. The first-order chi connectivity index (χ1) is 2.27. The van der Waals surface area contributed by atoms with Crippen molar-refractivity contribution in [1.82, 2.24) is 0 Å². The van der Waals surface area contributed by atoms with Crippen molar-refractivity contribution in [2.45, 2.75) is 5.30 Å². The second kappa shape index (κ2) is 3.19. The lowest BCUT2D eigenvalue weighted by atomic mass is 10.2. The normalized spacial score (nSPS) is 17.0. The quantitative estimate of drug-likeness (QED) is 0.323. The van der Waals surface area contributed by atoms with Crippen LogP contribution in [0.2, 0.25) is 0 Å². The molecule has 0 rings (SSSR count). The summed E-state index contributed by atoms with van der Waals surface area (Å²) in [6, 6.07) is 0. The van der Waals surface area contributed by atoms with E-state index in [0.717, 1.165) is 0 Å². The fourth-order valence-electron chi connectivity index (χ4n) is 0. The minimum Gasteiger partial charge on any atom is -0.174 e. The van der Waals surface area contributed by atoms with Crippen LogP contribution in [0.1, 0.15) is 0 Å². The fourth-order valence-corrected chi connectivity index (χ4v) is 0. The van der Waals surface area contributed by atoms with E-state index in [1.807, 2.05) is 0 Å². The second-order valence-electron chi connectivity index (χ2n) is 0.692. The lowest BCUT2D eigenvalue weighted by Gasteiger charge is -1.92. The molecule has 0 saturated carbocycles. The van der Waals surface area contributed by atoms with E-state index in [4.69, 9.17) is 15.4 Å². The van der Waals surface area contributed by atoms with Crippen molar-refractivity contribution in [1.29, 1.82) is 0 Å². The molecule has 0 spiro atoms. The molecule has 0 aliphatic carbocycles. The molecule has 5 heavy (non-hydrogen) atoms. The maximum absolute atomic E-state index is 5.14. The topological polar surface area (TPSA) is 0 Å². The van der Waals surface area contributed by atoms with Gasteiger partial charge in [-0.05, 0) is 0 Å². The van der Waals surface area contributed by atoms with Gasteiger partial charge < -0.3 is 0 Å². The summed E-state index contributed by atoms with van der Waals surface area (Å²) < 4.78 is 0. The van der Waals surface area contributed by atoms with Crippen molar-refractivity contribution in [2.75, 3.05) is 0 Å². The Labute approximate surface area is 39.2 Å². The highest BCUT2D eigenvalue weighted by molar-refractivity contribution is 7.73. The minimum absolute atomic E-state index is 0.106. The molecule has 0 N–H and O–H groups in total. The van der Waals surface area contributed by atoms with Gasteiger partial charge in [0.25, 0.3) is 0 Å². The van der Waals surface area contributed by atoms with Crippen LogP contribution in [0.15, 0.2) is 0 Å². The Bertz CT molecular complexity index is 21.6. The first-order valence-corrected chi connectivity index (χ1v) is 3.07. The molecule has 0 fully saturated rings. The van der Waals surface area contributed by atoms with Crippen molar-refractivity contribution >= 4 is 33.1 Å². The standard InChI is InChI=1S/CH4B2P2/c2-1(4)5-3/h1,5H,4H2. The van der Waals surface area contributed by atoms with Crippen LogP contribution in [-0.4, -0.2) is 20.7 Å². The van der Waals surface area contributed by atoms with E-state index in [1.165, 1.54) is 0 Å². The Morgan fingerprint density at radius 3 is 2.00 bits per heavy atom. The summed E-state index contributed by atoms with van der Waals surface area (Å²) in [7, 11) is 12.9. The van der Waals surface area contributed by atoms with E-state index in [1.54, 1.807) is 0 Å². The van der Waals surface area contributed by atoms with Crippen molar-refractivity contribution in [3.8, 4) is 0 Å². The maximum atomic E-state index is 5.14. The molecule has 0 amide bonds. The van der Waals surface area contributed by atoms with Gasteiger partial charge >= 0.3 is 0 Å². The van der Waals surface area contributed by atoms with E-state index < -0.39 is 0 Å². The molecule has 0 saturated heterocycles. The third-order valence-electron chi connectivity index (χ3n) is 0.192. The molecule has 3 unspecified atom stereocenters. The lowest BCUT2D eigenvalue weighted by Crippen LogP contribution is -1.80. The van der Waals surface area contributed by atoms with Crippen LogP contribution in [0, 0.1) is 0 Å². The molecule has 0 bridgehead atoms. The van der Waals surface area contributed by atoms with Gasteiger partial charge in [-0.2, -0.15) is 8.46 Å². The SMILES string of the molecule is [B]PC([B])P. The molecule has 4 radical (unpaired) electrons. The van der Waals surface area contributed by atoms with Crippen molar-refractivity contribution in [2.24, 2.45) is 0 Å². The zero-order valence-corrected chi connectivity index (χ0v) is 4.96. The molecule has 0 heterocycles. The Hall–Kier alpha value is 0.990. The predicted octanol–water partition coefficient (Wildman–Crippen LogP) is 0.0756. The first-order valence-electron chi connectivity index (χ1n) is 1.24. The van der Waals surface area contributed by atoms with Gasteiger partial charge in [-0.3, -0.25) is 0 Å². The van der Waals surface area contributed by atoms with Crippen LogP contribution in [0.4, 0.5) is 0 Å². The Balaban J connectivity index is 2.54. The van der Waals surface area contributed by atoms with Gasteiger partial charge in [0.15, 0.2) is 0 Å². The molecular weight excluding hydrogens is 95.6 g/mol. The van der Waals surface area contributed by atoms with Crippen molar-refractivity contribution in [3.63, 3.8) is 0 Å². The van der Waals surface area contributed by atoms with E-state index in [2.05, 4.69) is 9.24 Å². The van der Waals surface area contributed by atoms with Gasteiger partial charge in [-0.1, -0.05) is 5.30 Å². The number of rotatable bonds is 1. The first kappa shape index (κ1) is 5.99. The van der Waals surface area contributed by atoms with Crippen LogP contribution >= 0.6 is 17.7 Å². The summed E-state index contributed by atoms with van der Waals surface area (Å²) in [4.78, 5) is 0. The third-order valence-corrected chi connectivity index (χ3v) is 1.15. The lowest BCUT2D eigenvalue weighted by molar-refractivity contribution is 2.04. The van der Waals surface area contributed by atoms with Crippen LogP contribution in [-0.2, 0) is 0 Å². The van der Waals surface area contributed by atoms with E-state index in [0.29, 0.717) is 8.46 Å². The molecular formula is CH4B2P2. The van der Waals surface area contributed by atoms with E-state index in [-0.39, 0.29) is 5.30 Å². The van der Waals surface area contributed by atoms with Gasteiger partial charge in [-0.25, -0.2) is 0 Å². The van der Waals surface area contributed by atoms with E-state index in [9.17, 15) is 0 Å². The fraction of sp³-hybridized carbons (Fsp3) is 1.00. The summed E-state index contributed by atoms with van der Waals surface area (Å²) in [5, 5.41) is 0.106. The average molecular weight is 99.6 g/mol. The smallest absolute Gasteiger partial charge is 0.104 e. The molecule has 3 atom stereocenters. The number of hydrogen-bond donors (Lipinski definition) is 0. The monoisotopic (exact) mass is 100.0 g/mol. The molecule has 0 aromatic rings. The highest BCUT2D eigenvalue weighted by Crippen LogP contribution is 2.13. The highest BCUT2D eigenvalue weighted by Gasteiger charge is 1.79. The Morgan fingerprint density at radius 2 is 2.00 bits per heavy atom. The largest absolute Gasteiger partial charge is 0.174 e. The molecule has 0 nitrogen and oxygen atoms in total. The average Bonchev–Trinajstić information content (AvgIpc) is 1.38. The summed E-state index contributed by atoms with van der Waals surface area (Å²) in [5.41, 5.74) is 0. The molecule has 4 heteroatoms. The minimum atomic E-state index is 0.106. The van der Waals surface area contributed by atoms with Gasteiger partial charge in [0.1, 0.15) is 7.57 Å². The van der Waals surface area contributed by atoms with Crippen molar-refractivity contribution in [3.05, 3.63) is 0 Å². The summed E-state index contributed by atoms with van der Waals surface area (Å²) in [6.45, 7) is 0. The van der Waals surface area contributed by atoms with Gasteiger partial charge in [0, 0.05) is 0 Å². The summed E-state index contributed by atoms with van der Waals surface area (Å²) >= 11 is 0. The van der Waals surface area contributed by atoms with Gasteiger partial charge in [0.2, 0.25) is 0 Å². The predicted molar refractivity (Wildman–Crippen MR) is 33.3 cm³/mol. The molecule has 0 aromatic carbocycles. The third kappa shape index (κ3) is 4.99.